The van der Waals surface area contributed by atoms with Crippen LogP contribution in [0.1, 0.15) is 107 Å². The van der Waals surface area contributed by atoms with Gasteiger partial charge in [-0.2, -0.15) is 0 Å². The first-order valence-corrected chi connectivity index (χ1v) is 13.6. The van der Waals surface area contributed by atoms with Gasteiger partial charge in [0.15, 0.2) is 11.4 Å². The van der Waals surface area contributed by atoms with E-state index in [1.165, 1.54) is 51.4 Å². The highest BCUT2D eigenvalue weighted by Crippen LogP contribution is 2.35. The monoisotopic (exact) mass is 480 g/mol. The van der Waals surface area contributed by atoms with Gasteiger partial charge in [-0.15, -0.1) is 0 Å². The zero-order chi connectivity index (χ0) is 25.2. The van der Waals surface area contributed by atoms with Crippen LogP contribution in [0, 0.1) is 0 Å². The van der Waals surface area contributed by atoms with Gasteiger partial charge in [0.1, 0.15) is 0 Å². The van der Waals surface area contributed by atoms with Crippen LogP contribution < -0.4 is 0 Å². The largest absolute Gasteiger partial charge is 0.466 e. The van der Waals surface area contributed by atoms with E-state index in [-0.39, 0.29) is 24.6 Å². The molecule has 0 N–H and O–H groups in total. The van der Waals surface area contributed by atoms with Crippen LogP contribution in [0.25, 0.3) is 0 Å². The number of hydrogen-bond acceptors (Lipinski definition) is 4. The Bertz CT molecular complexity index is 834. The lowest BCUT2D eigenvalue weighted by Gasteiger charge is -2.33. The molecule has 35 heavy (non-hydrogen) atoms. The lowest BCUT2D eigenvalue weighted by atomic mass is 9.82. The van der Waals surface area contributed by atoms with Crippen LogP contribution in [0.4, 0.5) is 0 Å². The van der Waals surface area contributed by atoms with Gasteiger partial charge < -0.3 is 9.47 Å². The van der Waals surface area contributed by atoms with Crippen LogP contribution in [0.3, 0.4) is 0 Å². The molecule has 192 valence electrons. The van der Waals surface area contributed by atoms with E-state index < -0.39 is 5.60 Å². The summed E-state index contributed by atoms with van der Waals surface area (Å²) in [7, 11) is 0. The van der Waals surface area contributed by atoms with Gasteiger partial charge in [-0.25, -0.2) is 0 Å². The van der Waals surface area contributed by atoms with Gasteiger partial charge >= 0.3 is 5.97 Å². The minimum atomic E-state index is -1.21. The normalized spacial score (nSPS) is 12.7. The van der Waals surface area contributed by atoms with Crippen LogP contribution in [-0.2, 0) is 19.9 Å². The first kappa shape index (κ1) is 28.8. The predicted molar refractivity (Wildman–Crippen MR) is 143 cm³/mol. The summed E-state index contributed by atoms with van der Waals surface area (Å²) in [5.74, 6) is -0.420. The van der Waals surface area contributed by atoms with Crippen LogP contribution in [-0.4, -0.2) is 25.0 Å². The fraction of sp³-hybridized carbons (Fsp3) is 0.548. The molecule has 0 aromatic heterocycles. The lowest BCUT2D eigenvalue weighted by molar-refractivity contribution is -0.144. The standard InChI is InChI=1S/C31H44O4/c1-3-5-6-7-8-9-10-11-12-19-26-35-31(25-24-29(32)34-4-2,28-22-17-14-18-23-28)30(33)27-20-15-13-16-21-27/h13-18,20-23H,3-12,19,24-26H2,1-2H3. The smallest absolute Gasteiger partial charge is 0.305 e. The van der Waals surface area contributed by atoms with E-state index in [0.29, 0.717) is 18.8 Å². The molecule has 0 saturated heterocycles. The van der Waals surface area contributed by atoms with Gasteiger partial charge in [0.05, 0.1) is 6.61 Å². The van der Waals surface area contributed by atoms with Gasteiger partial charge in [-0.05, 0) is 25.3 Å². The van der Waals surface area contributed by atoms with E-state index in [2.05, 4.69) is 6.92 Å². The lowest BCUT2D eigenvalue weighted by Crippen LogP contribution is -2.40. The molecular weight excluding hydrogens is 436 g/mol. The molecule has 1 unspecified atom stereocenters. The summed E-state index contributed by atoms with van der Waals surface area (Å²) in [5, 5.41) is 0. The molecule has 4 heteroatoms. The molecular formula is C31H44O4. The number of rotatable bonds is 19. The Morgan fingerprint density at radius 3 is 1.83 bits per heavy atom. The van der Waals surface area contributed by atoms with Crippen molar-refractivity contribution in [1.82, 2.24) is 0 Å². The van der Waals surface area contributed by atoms with Crippen molar-refractivity contribution in [2.75, 3.05) is 13.2 Å². The summed E-state index contributed by atoms with van der Waals surface area (Å²) in [6.07, 6.45) is 12.7. The van der Waals surface area contributed by atoms with Crippen molar-refractivity contribution >= 4 is 11.8 Å². The Balaban J connectivity index is 2.04. The molecule has 0 amide bonds. The summed E-state index contributed by atoms with van der Waals surface area (Å²) in [5.41, 5.74) is 0.155. The molecule has 0 bridgehead atoms. The summed E-state index contributed by atoms with van der Waals surface area (Å²) in [6.45, 7) is 4.84. The van der Waals surface area contributed by atoms with Gasteiger partial charge in [0.2, 0.25) is 0 Å². The molecule has 0 aliphatic rings. The molecule has 4 nitrogen and oxygen atoms in total. The number of ether oxygens (including phenoxy) is 2. The third-order valence-corrected chi connectivity index (χ3v) is 6.48. The van der Waals surface area contributed by atoms with Crippen LogP contribution in [0.2, 0.25) is 0 Å². The van der Waals surface area contributed by atoms with E-state index in [1.807, 2.05) is 60.7 Å². The number of hydrogen-bond donors (Lipinski definition) is 0. The number of esters is 1. The number of Topliss-reactive ketones (excluding diaryl/α,β-unsaturated/α-hetero) is 1. The van der Waals surface area contributed by atoms with E-state index in [4.69, 9.17) is 9.47 Å². The maximum atomic E-state index is 13.9. The summed E-state index contributed by atoms with van der Waals surface area (Å²) >= 11 is 0. The maximum absolute atomic E-state index is 13.9. The van der Waals surface area contributed by atoms with Crippen molar-refractivity contribution in [3.63, 3.8) is 0 Å². The highest BCUT2D eigenvalue weighted by atomic mass is 16.5. The molecule has 1 atom stereocenters. The molecule has 0 radical (unpaired) electrons. The average Bonchev–Trinajstić information content (AvgIpc) is 2.90. The third kappa shape index (κ3) is 9.97. The first-order chi connectivity index (χ1) is 17.1. The second kappa shape index (κ2) is 17.0. The quantitative estimate of drug-likeness (QED) is 0.116. The van der Waals surface area contributed by atoms with Crippen molar-refractivity contribution < 1.29 is 19.1 Å². The summed E-state index contributed by atoms with van der Waals surface area (Å²) in [6, 6.07) is 18.8. The van der Waals surface area contributed by atoms with Crippen molar-refractivity contribution in [3.05, 3.63) is 71.8 Å². The van der Waals surface area contributed by atoms with Crippen LogP contribution in [0.5, 0.6) is 0 Å². The first-order valence-electron chi connectivity index (χ1n) is 13.6. The molecule has 0 aliphatic carbocycles. The van der Waals surface area contributed by atoms with E-state index in [0.717, 1.165) is 18.4 Å². The topological polar surface area (TPSA) is 52.6 Å². The second-order valence-corrected chi connectivity index (χ2v) is 9.22. The zero-order valence-electron chi connectivity index (χ0n) is 21.8. The van der Waals surface area contributed by atoms with Crippen LogP contribution >= 0.6 is 0 Å². The van der Waals surface area contributed by atoms with Crippen molar-refractivity contribution in [2.45, 2.75) is 96.5 Å². The fourth-order valence-electron chi connectivity index (χ4n) is 4.49. The van der Waals surface area contributed by atoms with Crippen molar-refractivity contribution in [3.8, 4) is 0 Å². The third-order valence-electron chi connectivity index (χ3n) is 6.48. The minimum Gasteiger partial charge on any atom is -0.466 e. The summed E-state index contributed by atoms with van der Waals surface area (Å²) in [4.78, 5) is 26.1. The number of benzene rings is 2. The number of carbonyl (C=O) groups excluding carboxylic acids is 2. The molecule has 0 aliphatic heterocycles. The van der Waals surface area contributed by atoms with E-state index >= 15 is 0 Å². The van der Waals surface area contributed by atoms with E-state index in [9.17, 15) is 9.59 Å². The fourth-order valence-corrected chi connectivity index (χ4v) is 4.49. The molecule has 2 rings (SSSR count). The second-order valence-electron chi connectivity index (χ2n) is 9.22. The highest BCUT2D eigenvalue weighted by molar-refractivity contribution is 6.03. The average molecular weight is 481 g/mol. The number of ketones is 1. The minimum absolute atomic E-state index is 0.110. The molecule has 0 spiro atoms. The Morgan fingerprint density at radius 2 is 1.26 bits per heavy atom. The Hall–Kier alpha value is -2.46. The van der Waals surface area contributed by atoms with Crippen LogP contribution in [0.15, 0.2) is 60.7 Å². The Kier molecular flexibility index (Phi) is 14.0. The number of carbonyl (C=O) groups is 2. The van der Waals surface area contributed by atoms with Gasteiger partial charge in [0, 0.05) is 18.6 Å². The Morgan fingerprint density at radius 1 is 0.714 bits per heavy atom. The summed E-state index contributed by atoms with van der Waals surface area (Å²) < 4.78 is 11.6. The SMILES string of the molecule is CCCCCCCCCCCCOC(CCC(=O)OCC)(C(=O)c1ccccc1)c1ccccc1. The zero-order valence-corrected chi connectivity index (χ0v) is 21.8. The van der Waals surface area contributed by atoms with Gasteiger partial charge in [-0.1, -0.05) is 125 Å². The molecule has 0 fully saturated rings. The maximum Gasteiger partial charge on any atom is 0.305 e. The van der Waals surface area contributed by atoms with Crippen molar-refractivity contribution in [1.29, 1.82) is 0 Å². The Labute approximate surface area is 212 Å². The van der Waals surface area contributed by atoms with Gasteiger partial charge in [0.25, 0.3) is 0 Å². The van der Waals surface area contributed by atoms with Crippen molar-refractivity contribution in [2.24, 2.45) is 0 Å². The number of unbranched alkanes of at least 4 members (excludes halogenated alkanes) is 9. The molecule has 2 aromatic carbocycles. The predicted octanol–water partition coefficient (Wildman–Crippen LogP) is 8.05. The molecule has 2 aromatic rings. The molecule has 0 saturated carbocycles. The van der Waals surface area contributed by atoms with E-state index in [1.54, 1.807) is 6.92 Å². The molecule has 0 heterocycles. The highest BCUT2D eigenvalue weighted by Gasteiger charge is 2.42. The van der Waals surface area contributed by atoms with Gasteiger partial charge in [-0.3, -0.25) is 9.59 Å².